The van der Waals surface area contributed by atoms with Gasteiger partial charge in [-0.3, -0.25) is 4.90 Å². The fraction of sp³-hybridized carbons (Fsp3) is 0.684. The van der Waals surface area contributed by atoms with Crippen LogP contribution in [0.15, 0.2) is 24.3 Å². The maximum atomic E-state index is 3.65. The van der Waals surface area contributed by atoms with Crippen molar-refractivity contribution in [3.8, 4) is 0 Å². The van der Waals surface area contributed by atoms with Gasteiger partial charge < -0.3 is 5.32 Å². The molecule has 2 nitrogen and oxygen atoms in total. The molecule has 1 aromatic carbocycles. The summed E-state index contributed by atoms with van der Waals surface area (Å²) in [6.45, 7) is 9.46. The predicted octanol–water partition coefficient (Wildman–Crippen LogP) is 3.78. The van der Waals surface area contributed by atoms with Crippen molar-refractivity contribution < 1.29 is 0 Å². The normalized spacial score (nSPS) is 18.1. The highest BCUT2D eigenvalue weighted by Crippen LogP contribution is 2.33. The first-order valence-corrected chi connectivity index (χ1v) is 8.64. The molecule has 0 radical (unpaired) electrons. The van der Waals surface area contributed by atoms with Crippen LogP contribution >= 0.6 is 0 Å². The van der Waals surface area contributed by atoms with E-state index >= 15 is 0 Å². The summed E-state index contributed by atoms with van der Waals surface area (Å²) in [6, 6.07) is 9.51. The van der Waals surface area contributed by atoms with E-state index in [1.54, 1.807) is 0 Å². The predicted molar refractivity (Wildman–Crippen MR) is 91.9 cm³/mol. The summed E-state index contributed by atoms with van der Waals surface area (Å²) in [5, 5.41) is 3.65. The molecule has 0 aliphatic carbocycles. The van der Waals surface area contributed by atoms with Gasteiger partial charge in [-0.15, -0.1) is 0 Å². The quantitative estimate of drug-likeness (QED) is 0.821. The summed E-state index contributed by atoms with van der Waals surface area (Å²) in [5.74, 6) is 0. The molecule has 0 bridgehead atoms. The number of aryl methyl sites for hydroxylation is 1. The van der Waals surface area contributed by atoms with Crippen LogP contribution in [0.5, 0.6) is 0 Å². The minimum absolute atomic E-state index is 0.301. The molecule has 2 heteroatoms. The van der Waals surface area contributed by atoms with Gasteiger partial charge in [-0.1, -0.05) is 43.7 Å². The van der Waals surface area contributed by atoms with Crippen molar-refractivity contribution in [2.24, 2.45) is 0 Å². The summed E-state index contributed by atoms with van der Waals surface area (Å²) in [6.07, 6.45) is 6.29. The Morgan fingerprint density at radius 2 is 1.86 bits per heavy atom. The number of hydrogen-bond donors (Lipinski definition) is 1. The number of likely N-dealkylation sites (tertiary alicyclic amines) is 1. The zero-order chi connectivity index (χ0) is 15.3. The van der Waals surface area contributed by atoms with Crippen molar-refractivity contribution in [1.29, 1.82) is 0 Å². The number of benzene rings is 1. The third kappa shape index (κ3) is 3.49. The van der Waals surface area contributed by atoms with E-state index < -0.39 is 0 Å². The topological polar surface area (TPSA) is 15.3 Å². The SMILES string of the molecule is CCC(CC)(C(Cc1cccc(C)c1)NC)N1CCCC1. The van der Waals surface area contributed by atoms with Gasteiger partial charge in [-0.25, -0.2) is 0 Å². The Balaban J connectivity index is 2.22. The molecule has 1 aromatic rings. The fourth-order valence-electron chi connectivity index (χ4n) is 4.21. The summed E-state index contributed by atoms with van der Waals surface area (Å²) in [5.41, 5.74) is 3.12. The lowest BCUT2D eigenvalue weighted by molar-refractivity contribution is 0.0650. The fourth-order valence-corrected chi connectivity index (χ4v) is 4.21. The minimum atomic E-state index is 0.301. The van der Waals surface area contributed by atoms with Gasteiger partial charge in [0.25, 0.3) is 0 Å². The maximum absolute atomic E-state index is 3.65. The van der Waals surface area contributed by atoms with Crippen LogP contribution in [0.4, 0.5) is 0 Å². The van der Waals surface area contributed by atoms with Crippen LogP contribution in [0.1, 0.15) is 50.7 Å². The summed E-state index contributed by atoms with van der Waals surface area (Å²) >= 11 is 0. The van der Waals surface area contributed by atoms with Crippen molar-refractivity contribution >= 4 is 0 Å². The van der Waals surface area contributed by atoms with Gasteiger partial charge in [0.2, 0.25) is 0 Å². The first kappa shape index (κ1) is 16.5. The van der Waals surface area contributed by atoms with E-state index in [9.17, 15) is 0 Å². The van der Waals surface area contributed by atoms with E-state index in [1.165, 1.54) is 49.9 Å². The van der Waals surface area contributed by atoms with Crippen LogP contribution in [0.3, 0.4) is 0 Å². The van der Waals surface area contributed by atoms with Gasteiger partial charge in [-0.05, 0) is 64.7 Å². The van der Waals surface area contributed by atoms with Gasteiger partial charge >= 0.3 is 0 Å². The molecule has 1 aliphatic rings. The Morgan fingerprint density at radius 3 is 2.38 bits per heavy atom. The Labute approximate surface area is 130 Å². The van der Waals surface area contributed by atoms with Gasteiger partial charge in [0.05, 0.1) is 0 Å². The molecule has 21 heavy (non-hydrogen) atoms. The molecule has 1 aliphatic heterocycles. The second kappa shape index (κ2) is 7.42. The van der Waals surface area contributed by atoms with Crippen molar-refractivity contribution in [3.63, 3.8) is 0 Å². The van der Waals surface area contributed by atoms with Crippen molar-refractivity contribution in [3.05, 3.63) is 35.4 Å². The van der Waals surface area contributed by atoms with Gasteiger partial charge in [0.15, 0.2) is 0 Å². The first-order valence-electron chi connectivity index (χ1n) is 8.64. The van der Waals surface area contributed by atoms with E-state index in [-0.39, 0.29) is 0 Å². The number of likely N-dealkylation sites (N-methyl/N-ethyl adjacent to an activating group) is 1. The molecule has 1 unspecified atom stereocenters. The van der Waals surface area contributed by atoms with Crippen molar-refractivity contribution in [1.82, 2.24) is 10.2 Å². The third-order valence-electron chi connectivity index (χ3n) is 5.48. The lowest BCUT2D eigenvalue weighted by atomic mass is 9.79. The summed E-state index contributed by atoms with van der Waals surface area (Å²) in [7, 11) is 2.14. The molecule has 1 heterocycles. The Morgan fingerprint density at radius 1 is 1.19 bits per heavy atom. The zero-order valence-corrected chi connectivity index (χ0v) is 14.3. The van der Waals surface area contributed by atoms with Crippen LogP contribution in [0, 0.1) is 6.92 Å². The lowest BCUT2D eigenvalue weighted by Crippen LogP contribution is -2.60. The average Bonchev–Trinajstić information content (AvgIpc) is 3.02. The molecule has 1 fully saturated rings. The molecule has 0 amide bonds. The monoisotopic (exact) mass is 288 g/mol. The molecule has 0 aromatic heterocycles. The van der Waals surface area contributed by atoms with Crippen LogP contribution in [0.25, 0.3) is 0 Å². The second-order valence-electron chi connectivity index (χ2n) is 6.54. The summed E-state index contributed by atoms with van der Waals surface area (Å²) < 4.78 is 0. The molecule has 2 rings (SSSR count). The minimum Gasteiger partial charge on any atom is -0.315 e. The number of nitrogens with zero attached hydrogens (tertiary/aromatic N) is 1. The van der Waals surface area contributed by atoms with E-state index in [1.807, 2.05) is 0 Å². The van der Waals surface area contributed by atoms with Crippen LogP contribution in [0.2, 0.25) is 0 Å². The molecule has 118 valence electrons. The molecular weight excluding hydrogens is 256 g/mol. The Bertz CT molecular complexity index is 431. The first-order chi connectivity index (χ1) is 10.2. The van der Waals surface area contributed by atoms with Gasteiger partial charge in [0, 0.05) is 11.6 Å². The van der Waals surface area contributed by atoms with E-state index in [0.29, 0.717) is 11.6 Å². The van der Waals surface area contributed by atoms with E-state index in [2.05, 4.69) is 62.3 Å². The molecular formula is C19H32N2. The Kier molecular flexibility index (Phi) is 5.83. The second-order valence-corrected chi connectivity index (χ2v) is 6.54. The Hall–Kier alpha value is -0.860. The molecule has 0 spiro atoms. The average molecular weight is 288 g/mol. The smallest absolute Gasteiger partial charge is 0.0360 e. The van der Waals surface area contributed by atoms with E-state index in [0.717, 1.165) is 6.42 Å². The molecule has 1 N–H and O–H groups in total. The number of rotatable bonds is 7. The standard InChI is InChI=1S/C19H32N2/c1-5-19(6-2,21-12-7-8-13-21)18(20-4)15-17-11-9-10-16(3)14-17/h9-11,14,18,20H,5-8,12-13,15H2,1-4H3. The largest absolute Gasteiger partial charge is 0.315 e. The zero-order valence-electron chi connectivity index (χ0n) is 14.3. The highest BCUT2D eigenvalue weighted by atomic mass is 15.2. The lowest BCUT2D eigenvalue weighted by Gasteiger charge is -2.47. The number of hydrogen-bond acceptors (Lipinski definition) is 2. The van der Waals surface area contributed by atoms with Gasteiger partial charge in [0.1, 0.15) is 0 Å². The van der Waals surface area contributed by atoms with Crippen molar-refractivity contribution in [2.75, 3.05) is 20.1 Å². The van der Waals surface area contributed by atoms with E-state index in [4.69, 9.17) is 0 Å². The maximum Gasteiger partial charge on any atom is 0.0360 e. The highest BCUT2D eigenvalue weighted by Gasteiger charge is 2.41. The van der Waals surface area contributed by atoms with Gasteiger partial charge in [-0.2, -0.15) is 0 Å². The van der Waals surface area contributed by atoms with Crippen LogP contribution in [-0.4, -0.2) is 36.6 Å². The third-order valence-corrected chi connectivity index (χ3v) is 5.48. The van der Waals surface area contributed by atoms with Crippen molar-refractivity contribution in [2.45, 2.75) is 64.5 Å². The number of nitrogens with one attached hydrogen (secondary N) is 1. The molecule has 1 saturated heterocycles. The molecule has 0 saturated carbocycles. The molecule has 1 atom stereocenters. The van der Waals surface area contributed by atoms with Crippen LogP contribution < -0.4 is 5.32 Å². The summed E-state index contributed by atoms with van der Waals surface area (Å²) in [4.78, 5) is 2.75. The van der Waals surface area contributed by atoms with Crippen LogP contribution in [-0.2, 0) is 6.42 Å². The highest BCUT2D eigenvalue weighted by molar-refractivity contribution is 5.24.